The molecule has 19 heavy (non-hydrogen) atoms. The average Bonchev–Trinajstić information content (AvgIpc) is 2.41. The number of alkyl halides is 1. The molecule has 0 aliphatic heterocycles. The monoisotopic (exact) mass is 302 g/mol. The highest BCUT2D eigenvalue weighted by atomic mass is 35.5. The summed E-state index contributed by atoms with van der Waals surface area (Å²) in [6, 6.07) is 8.80. The lowest BCUT2D eigenvalue weighted by Gasteiger charge is -2.08. The van der Waals surface area contributed by atoms with E-state index >= 15 is 0 Å². The summed E-state index contributed by atoms with van der Waals surface area (Å²) in [5.41, 5.74) is 1.24. The fourth-order valence-electron chi connectivity index (χ4n) is 1.54. The van der Waals surface area contributed by atoms with Crippen molar-refractivity contribution in [3.05, 3.63) is 64.2 Å². The van der Waals surface area contributed by atoms with Crippen molar-refractivity contribution in [2.45, 2.75) is 12.5 Å². The molecular formula is C14H10Cl2F2O. The minimum atomic E-state index is -0.527. The van der Waals surface area contributed by atoms with Crippen molar-refractivity contribution in [3.8, 4) is 5.75 Å². The molecule has 100 valence electrons. The zero-order chi connectivity index (χ0) is 13.8. The van der Waals surface area contributed by atoms with E-state index in [1.165, 1.54) is 24.3 Å². The Labute approximate surface area is 119 Å². The van der Waals surface area contributed by atoms with Gasteiger partial charge in [-0.3, -0.25) is 0 Å². The van der Waals surface area contributed by atoms with Crippen LogP contribution < -0.4 is 4.74 Å². The summed E-state index contributed by atoms with van der Waals surface area (Å²) in [7, 11) is 0. The number of hydrogen-bond acceptors (Lipinski definition) is 1. The molecule has 2 aromatic rings. The fraction of sp³-hybridized carbons (Fsp3) is 0.143. The van der Waals surface area contributed by atoms with E-state index in [9.17, 15) is 8.78 Å². The predicted molar refractivity (Wildman–Crippen MR) is 71.7 cm³/mol. The van der Waals surface area contributed by atoms with E-state index in [0.29, 0.717) is 11.1 Å². The number of halogens is 4. The smallest absolute Gasteiger partial charge is 0.165 e. The van der Waals surface area contributed by atoms with Crippen molar-refractivity contribution in [3.63, 3.8) is 0 Å². The Balaban J connectivity index is 2.07. The zero-order valence-corrected chi connectivity index (χ0v) is 11.3. The molecule has 0 bridgehead atoms. The maximum absolute atomic E-state index is 13.6. The van der Waals surface area contributed by atoms with Crippen molar-refractivity contribution in [2.24, 2.45) is 0 Å². The Morgan fingerprint density at radius 2 is 1.63 bits per heavy atom. The summed E-state index contributed by atoms with van der Waals surface area (Å²) in [4.78, 5) is 0. The lowest BCUT2D eigenvalue weighted by atomic mass is 10.2. The van der Waals surface area contributed by atoms with Gasteiger partial charge < -0.3 is 4.74 Å². The topological polar surface area (TPSA) is 9.23 Å². The number of benzene rings is 2. The van der Waals surface area contributed by atoms with Crippen LogP contribution in [-0.2, 0) is 12.5 Å². The molecule has 0 saturated carbocycles. The van der Waals surface area contributed by atoms with Gasteiger partial charge in [-0.15, -0.1) is 11.6 Å². The minimum Gasteiger partial charge on any atom is -0.486 e. The van der Waals surface area contributed by atoms with Gasteiger partial charge in [-0.2, -0.15) is 0 Å². The highest BCUT2D eigenvalue weighted by molar-refractivity contribution is 6.30. The van der Waals surface area contributed by atoms with Crippen LogP contribution in [0.4, 0.5) is 8.78 Å². The van der Waals surface area contributed by atoms with Gasteiger partial charge in [0.2, 0.25) is 0 Å². The van der Waals surface area contributed by atoms with Gasteiger partial charge in [0, 0.05) is 5.88 Å². The minimum absolute atomic E-state index is 0.0430. The predicted octanol–water partition coefficient (Wildman–Crippen LogP) is 4.94. The normalized spacial score (nSPS) is 10.5. The molecule has 5 heteroatoms. The Kier molecular flexibility index (Phi) is 4.61. The first-order valence-corrected chi connectivity index (χ1v) is 6.42. The number of ether oxygens (including phenoxy) is 1. The van der Waals surface area contributed by atoms with Crippen LogP contribution in [0.5, 0.6) is 5.75 Å². The Hall–Kier alpha value is -1.32. The van der Waals surface area contributed by atoms with Gasteiger partial charge in [-0.05, 0) is 35.4 Å². The third kappa shape index (κ3) is 3.58. The molecule has 2 aromatic carbocycles. The van der Waals surface area contributed by atoms with Gasteiger partial charge in [0.05, 0.1) is 5.02 Å². The highest BCUT2D eigenvalue weighted by Gasteiger charge is 2.06. The maximum Gasteiger partial charge on any atom is 0.165 e. The SMILES string of the molecule is Fc1cc(COc2ccc(CCl)cc2F)ccc1Cl. The molecule has 0 heterocycles. The Morgan fingerprint density at radius 1 is 0.947 bits per heavy atom. The summed E-state index contributed by atoms with van der Waals surface area (Å²) in [5, 5.41) is 0.0430. The second-order valence-corrected chi connectivity index (χ2v) is 4.61. The summed E-state index contributed by atoms with van der Waals surface area (Å²) in [5.74, 6) is -0.683. The van der Waals surface area contributed by atoms with Crippen LogP contribution in [0.3, 0.4) is 0 Å². The van der Waals surface area contributed by atoms with E-state index in [-0.39, 0.29) is 23.3 Å². The number of rotatable bonds is 4. The first-order chi connectivity index (χ1) is 9.10. The molecule has 0 saturated heterocycles. The van der Waals surface area contributed by atoms with Gasteiger partial charge >= 0.3 is 0 Å². The van der Waals surface area contributed by atoms with Crippen LogP contribution >= 0.6 is 23.2 Å². The molecule has 0 N–H and O–H groups in total. The molecule has 0 amide bonds. The van der Waals surface area contributed by atoms with Gasteiger partial charge in [-0.1, -0.05) is 23.7 Å². The molecule has 0 spiro atoms. The van der Waals surface area contributed by atoms with Crippen molar-refractivity contribution in [1.82, 2.24) is 0 Å². The third-order valence-corrected chi connectivity index (χ3v) is 3.14. The first-order valence-electron chi connectivity index (χ1n) is 5.51. The first kappa shape index (κ1) is 14.1. The zero-order valence-electron chi connectivity index (χ0n) is 9.80. The van der Waals surface area contributed by atoms with Crippen molar-refractivity contribution < 1.29 is 13.5 Å². The summed E-state index contributed by atoms with van der Waals surface area (Å²) < 4.78 is 32.1. The van der Waals surface area contributed by atoms with E-state index in [4.69, 9.17) is 27.9 Å². The third-order valence-electron chi connectivity index (χ3n) is 2.53. The molecule has 0 aliphatic rings. The molecule has 2 rings (SSSR count). The molecule has 0 atom stereocenters. The molecule has 1 nitrogen and oxygen atoms in total. The van der Waals surface area contributed by atoms with Crippen LogP contribution in [0, 0.1) is 11.6 Å². The van der Waals surface area contributed by atoms with E-state index in [1.807, 2.05) is 0 Å². The van der Waals surface area contributed by atoms with E-state index in [0.717, 1.165) is 0 Å². The Morgan fingerprint density at radius 3 is 2.26 bits per heavy atom. The average molecular weight is 303 g/mol. The van der Waals surface area contributed by atoms with E-state index in [1.54, 1.807) is 12.1 Å². The summed E-state index contributed by atoms with van der Waals surface area (Å²) in [6.45, 7) is 0.0607. The van der Waals surface area contributed by atoms with E-state index in [2.05, 4.69) is 0 Å². The van der Waals surface area contributed by atoms with Crippen molar-refractivity contribution >= 4 is 23.2 Å². The molecule has 0 aromatic heterocycles. The molecular weight excluding hydrogens is 293 g/mol. The van der Waals surface area contributed by atoms with Crippen LogP contribution in [-0.4, -0.2) is 0 Å². The largest absolute Gasteiger partial charge is 0.486 e. The second-order valence-electron chi connectivity index (χ2n) is 3.94. The Bertz CT molecular complexity index is 588. The van der Waals surface area contributed by atoms with Gasteiger partial charge in [0.1, 0.15) is 12.4 Å². The number of hydrogen-bond donors (Lipinski definition) is 0. The van der Waals surface area contributed by atoms with Gasteiger partial charge in [0.15, 0.2) is 11.6 Å². The molecule has 0 unspecified atom stereocenters. The molecule has 0 fully saturated rings. The second kappa shape index (κ2) is 6.22. The van der Waals surface area contributed by atoms with Crippen LogP contribution in [0.1, 0.15) is 11.1 Å². The van der Waals surface area contributed by atoms with Crippen LogP contribution in [0.15, 0.2) is 36.4 Å². The quantitative estimate of drug-likeness (QED) is 0.727. The lowest BCUT2D eigenvalue weighted by molar-refractivity contribution is 0.289. The lowest BCUT2D eigenvalue weighted by Crippen LogP contribution is -1.98. The van der Waals surface area contributed by atoms with Gasteiger partial charge in [0.25, 0.3) is 0 Å². The molecule has 0 radical (unpaired) electrons. The van der Waals surface area contributed by atoms with Gasteiger partial charge in [-0.25, -0.2) is 8.78 Å². The standard InChI is InChI=1S/C14H10Cl2F2O/c15-7-9-2-4-14(13(18)5-9)19-8-10-1-3-11(16)12(17)6-10/h1-6H,7-8H2. The fourth-order valence-corrected chi connectivity index (χ4v) is 1.82. The van der Waals surface area contributed by atoms with Crippen molar-refractivity contribution in [2.75, 3.05) is 0 Å². The highest BCUT2D eigenvalue weighted by Crippen LogP contribution is 2.21. The summed E-state index contributed by atoms with van der Waals surface area (Å²) in [6.07, 6.45) is 0. The van der Waals surface area contributed by atoms with Crippen molar-refractivity contribution in [1.29, 1.82) is 0 Å². The summed E-state index contributed by atoms with van der Waals surface area (Å²) >= 11 is 11.2. The maximum atomic E-state index is 13.6. The van der Waals surface area contributed by atoms with E-state index < -0.39 is 11.6 Å². The van der Waals surface area contributed by atoms with Crippen LogP contribution in [0.25, 0.3) is 0 Å². The van der Waals surface area contributed by atoms with Crippen LogP contribution in [0.2, 0.25) is 5.02 Å². The molecule has 0 aliphatic carbocycles.